The molecule has 3 rings (SSSR count). The van der Waals surface area contributed by atoms with Gasteiger partial charge in [-0.05, 0) is 43.0 Å². The number of nitrogens with zero attached hydrogens (tertiary/aromatic N) is 2. The zero-order valence-electron chi connectivity index (χ0n) is 14.3. The number of ether oxygens (including phenoxy) is 1. The minimum atomic E-state index is -0.262. The molecular weight excluding hydrogens is 323 g/mol. The molecule has 7 heteroatoms. The van der Waals surface area contributed by atoms with Crippen LogP contribution in [0.15, 0.2) is 30.3 Å². The SMILES string of the molecule is COCc1cc(CNC(=O)N2CCCC[C@@H]2c2ccc(F)cc2)[nH]n1. The number of methoxy groups -OCH3 is 1. The first kappa shape index (κ1) is 17.4. The summed E-state index contributed by atoms with van der Waals surface area (Å²) < 4.78 is 18.2. The van der Waals surface area contributed by atoms with Crippen LogP contribution < -0.4 is 5.32 Å². The second-order valence-electron chi connectivity index (χ2n) is 6.23. The lowest BCUT2D eigenvalue weighted by Crippen LogP contribution is -2.44. The van der Waals surface area contributed by atoms with Crippen molar-refractivity contribution in [3.8, 4) is 0 Å². The molecule has 0 spiro atoms. The summed E-state index contributed by atoms with van der Waals surface area (Å²) in [4.78, 5) is 14.5. The van der Waals surface area contributed by atoms with E-state index in [2.05, 4.69) is 15.5 Å². The summed E-state index contributed by atoms with van der Waals surface area (Å²) in [5, 5.41) is 9.95. The number of halogens is 1. The van der Waals surface area contributed by atoms with Crippen molar-refractivity contribution in [1.82, 2.24) is 20.4 Å². The number of nitrogens with one attached hydrogen (secondary N) is 2. The molecule has 1 aliphatic rings. The summed E-state index contributed by atoms with van der Waals surface area (Å²) in [7, 11) is 1.61. The number of hydrogen-bond acceptors (Lipinski definition) is 3. The number of benzene rings is 1. The van der Waals surface area contributed by atoms with E-state index < -0.39 is 0 Å². The van der Waals surface area contributed by atoms with E-state index >= 15 is 0 Å². The Bertz CT molecular complexity index is 701. The van der Waals surface area contributed by atoms with E-state index in [1.165, 1.54) is 12.1 Å². The molecule has 1 aromatic heterocycles. The number of rotatable bonds is 5. The molecular formula is C18H23FN4O2. The van der Waals surface area contributed by atoms with Crippen LogP contribution in [-0.2, 0) is 17.9 Å². The van der Waals surface area contributed by atoms with E-state index in [0.717, 1.165) is 36.2 Å². The summed E-state index contributed by atoms with van der Waals surface area (Å²) in [6.07, 6.45) is 2.93. The van der Waals surface area contributed by atoms with Crippen molar-refractivity contribution in [3.63, 3.8) is 0 Å². The molecule has 1 fully saturated rings. The largest absolute Gasteiger partial charge is 0.378 e. The molecule has 0 radical (unpaired) electrons. The number of aromatic nitrogens is 2. The summed E-state index contributed by atoms with van der Waals surface area (Å²) in [6.45, 7) is 1.51. The number of piperidine rings is 1. The van der Waals surface area contributed by atoms with Crippen molar-refractivity contribution < 1.29 is 13.9 Å². The molecule has 25 heavy (non-hydrogen) atoms. The lowest BCUT2D eigenvalue weighted by Gasteiger charge is -2.36. The maximum absolute atomic E-state index is 13.2. The van der Waals surface area contributed by atoms with Gasteiger partial charge in [0, 0.05) is 13.7 Å². The summed E-state index contributed by atoms with van der Waals surface area (Å²) in [6, 6.07) is 8.16. The van der Waals surface area contributed by atoms with Crippen LogP contribution in [0, 0.1) is 5.82 Å². The Hall–Kier alpha value is -2.41. The predicted molar refractivity (Wildman–Crippen MR) is 91.2 cm³/mol. The highest BCUT2D eigenvalue weighted by atomic mass is 19.1. The minimum Gasteiger partial charge on any atom is -0.378 e. The third-order valence-corrected chi connectivity index (χ3v) is 4.42. The first-order valence-electron chi connectivity index (χ1n) is 8.49. The van der Waals surface area contributed by atoms with Gasteiger partial charge in [0.25, 0.3) is 0 Å². The standard InChI is InChI=1S/C18H23FN4O2/c1-25-12-16-10-15(21-22-16)11-20-18(24)23-9-3-2-4-17(23)13-5-7-14(19)8-6-13/h5-8,10,17H,2-4,9,11-12H2,1H3,(H,20,24)(H,21,22)/t17-/m1/s1. The van der Waals surface area contributed by atoms with Crippen LogP contribution in [0.5, 0.6) is 0 Å². The molecule has 1 saturated heterocycles. The molecule has 2 heterocycles. The van der Waals surface area contributed by atoms with E-state index in [-0.39, 0.29) is 17.9 Å². The maximum atomic E-state index is 13.2. The Morgan fingerprint density at radius 2 is 2.20 bits per heavy atom. The van der Waals surface area contributed by atoms with Crippen molar-refractivity contribution in [2.45, 2.75) is 38.5 Å². The first-order valence-corrected chi connectivity index (χ1v) is 8.49. The molecule has 134 valence electrons. The summed E-state index contributed by atoms with van der Waals surface area (Å²) in [5.74, 6) is -0.262. The van der Waals surface area contributed by atoms with E-state index in [1.807, 2.05) is 11.0 Å². The Morgan fingerprint density at radius 1 is 1.40 bits per heavy atom. The van der Waals surface area contributed by atoms with E-state index in [9.17, 15) is 9.18 Å². The summed E-state index contributed by atoms with van der Waals surface area (Å²) >= 11 is 0. The zero-order valence-corrected chi connectivity index (χ0v) is 14.3. The van der Waals surface area contributed by atoms with Crippen molar-refractivity contribution in [1.29, 1.82) is 0 Å². The molecule has 2 amide bonds. The van der Waals surface area contributed by atoms with Crippen molar-refractivity contribution in [3.05, 3.63) is 53.1 Å². The Morgan fingerprint density at radius 3 is 2.96 bits per heavy atom. The third-order valence-electron chi connectivity index (χ3n) is 4.42. The van der Waals surface area contributed by atoms with Gasteiger partial charge in [-0.1, -0.05) is 12.1 Å². The fraction of sp³-hybridized carbons (Fsp3) is 0.444. The third kappa shape index (κ3) is 4.36. The number of likely N-dealkylation sites (tertiary alicyclic amines) is 1. The predicted octanol–water partition coefficient (Wildman–Crippen LogP) is 3.13. The van der Waals surface area contributed by atoms with Crippen molar-refractivity contribution in [2.24, 2.45) is 0 Å². The van der Waals surface area contributed by atoms with Gasteiger partial charge in [0.1, 0.15) is 5.82 Å². The van der Waals surface area contributed by atoms with E-state index in [1.54, 1.807) is 19.2 Å². The second kappa shape index (κ2) is 8.11. The molecule has 0 bridgehead atoms. The van der Waals surface area contributed by atoms with Gasteiger partial charge in [0.2, 0.25) is 0 Å². The van der Waals surface area contributed by atoms with Gasteiger partial charge >= 0.3 is 6.03 Å². The Kier molecular flexibility index (Phi) is 5.65. The Balaban J connectivity index is 1.63. The number of H-pyrrole nitrogens is 1. The van der Waals surface area contributed by atoms with Gasteiger partial charge in [0.05, 0.1) is 30.6 Å². The average Bonchev–Trinajstić information content (AvgIpc) is 3.08. The highest BCUT2D eigenvalue weighted by molar-refractivity contribution is 5.74. The Labute approximate surface area is 146 Å². The molecule has 0 saturated carbocycles. The van der Waals surface area contributed by atoms with Crippen LogP contribution in [0.1, 0.15) is 42.3 Å². The van der Waals surface area contributed by atoms with Crippen LogP contribution >= 0.6 is 0 Å². The van der Waals surface area contributed by atoms with Crippen molar-refractivity contribution in [2.75, 3.05) is 13.7 Å². The van der Waals surface area contributed by atoms with Gasteiger partial charge < -0.3 is 15.0 Å². The molecule has 2 aromatic rings. The lowest BCUT2D eigenvalue weighted by molar-refractivity contribution is 0.151. The molecule has 2 N–H and O–H groups in total. The van der Waals surface area contributed by atoms with Gasteiger partial charge in [-0.25, -0.2) is 9.18 Å². The average molecular weight is 346 g/mol. The topological polar surface area (TPSA) is 70.2 Å². The molecule has 6 nitrogen and oxygen atoms in total. The zero-order chi connectivity index (χ0) is 17.6. The van der Waals surface area contributed by atoms with E-state index in [0.29, 0.717) is 19.7 Å². The normalized spacial score (nSPS) is 17.5. The highest BCUT2D eigenvalue weighted by Crippen LogP contribution is 2.30. The van der Waals surface area contributed by atoms with Gasteiger partial charge in [-0.15, -0.1) is 0 Å². The number of aromatic amines is 1. The van der Waals surface area contributed by atoms with Gasteiger partial charge in [-0.3, -0.25) is 5.10 Å². The van der Waals surface area contributed by atoms with Gasteiger partial charge in [0.15, 0.2) is 0 Å². The lowest BCUT2D eigenvalue weighted by atomic mass is 9.95. The molecule has 1 aromatic carbocycles. The smallest absolute Gasteiger partial charge is 0.318 e. The van der Waals surface area contributed by atoms with Crippen LogP contribution in [0.3, 0.4) is 0 Å². The second-order valence-corrected chi connectivity index (χ2v) is 6.23. The van der Waals surface area contributed by atoms with Crippen LogP contribution in [0.25, 0.3) is 0 Å². The number of urea groups is 1. The van der Waals surface area contributed by atoms with Gasteiger partial charge in [-0.2, -0.15) is 5.10 Å². The van der Waals surface area contributed by atoms with Crippen molar-refractivity contribution >= 4 is 6.03 Å². The minimum absolute atomic E-state index is 0.0137. The maximum Gasteiger partial charge on any atom is 0.318 e. The fourth-order valence-corrected chi connectivity index (χ4v) is 3.20. The number of carbonyl (C=O) groups excluding carboxylic acids is 1. The summed E-state index contributed by atoms with van der Waals surface area (Å²) in [5.41, 5.74) is 2.60. The number of hydrogen-bond donors (Lipinski definition) is 2. The molecule has 1 aliphatic heterocycles. The number of carbonyl (C=O) groups is 1. The highest BCUT2D eigenvalue weighted by Gasteiger charge is 2.27. The monoisotopic (exact) mass is 346 g/mol. The molecule has 1 atom stereocenters. The van der Waals surface area contributed by atoms with E-state index in [4.69, 9.17) is 4.74 Å². The van der Waals surface area contributed by atoms with Crippen LogP contribution in [0.4, 0.5) is 9.18 Å². The quantitative estimate of drug-likeness (QED) is 0.874. The van der Waals surface area contributed by atoms with Crippen LogP contribution in [-0.4, -0.2) is 34.8 Å². The number of amides is 2. The first-order chi connectivity index (χ1) is 12.2. The van der Waals surface area contributed by atoms with Crippen LogP contribution in [0.2, 0.25) is 0 Å². The molecule has 0 aliphatic carbocycles. The fourth-order valence-electron chi connectivity index (χ4n) is 3.20. The molecule has 0 unspecified atom stereocenters.